The van der Waals surface area contributed by atoms with Gasteiger partial charge in [-0.25, -0.2) is 0 Å². The molecule has 0 spiro atoms. The first kappa shape index (κ1) is 11.7. The van der Waals surface area contributed by atoms with Crippen LogP contribution in [0.5, 0.6) is 0 Å². The molecule has 0 aromatic carbocycles. The largest absolute Gasteiger partial charge is 0.389 e. The molecule has 1 nitrogen and oxygen atoms in total. The van der Waals surface area contributed by atoms with E-state index in [1.165, 1.54) is 25.7 Å². The molecule has 0 unspecified atom stereocenters. The zero-order valence-electron chi connectivity index (χ0n) is 8.64. The number of rotatable bonds is 6. The van der Waals surface area contributed by atoms with Gasteiger partial charge in [0.05, 0.1) is 6.10 Å². The van der Waals surface area contributed by atoms with Crippen molar-refractivity contribution >= 4 is 0 Å². The van der Waals surface area contributed by atoms with Gasteiger partial charge in [-0.2, -0.15) is 0 Å². The third kappa shape index (κ3) is 6.41. The fourth-order valence-corrected chi connectivity index (χ4v) is 1.07. The molecule has 12 heavy (non-hydrogen) atoms. The molecule has 0 heterocycles. The smallest absolute Gasteiger partial charge is 0.0719 e. The fourth-order valence-electron chi connectivity index (χ4n) is 1.07. The third-order valence-corrected chi connectivity index (χ3v) is 2.18. The van der Waals surface area contributed by atoms with Crippen molar-refractivity contribution in [3.8, 4) is 0 Å². The van der Waals surface area contributed by atoms with E-state index in [2.05, 4.69) is 13.0 Å². The van der Waals surface area contributed by atoms with E-state index in [-0.39, 0.29) is 6.10 Å². The summed E-state index contributed by atoms with van der Waals surface area (Å²) in [5.41, 5.74) is 1.10. The summed E-state index contributed by atoms with van der Waals surface area (Å²) in [6.45, 7) is 6.03. The average Bonchev–Trinajstić information content (AvgIpc) is 2.03. The van der Waals surface area contributed by atoms with Crippen LogP contribution < -0.4 is 0 Å². The highest BCUT2D eigenvalue weighted by atomic mass is 16.3. The van der Waals surface area contributed by atoms with E-state index in [9.17, 15) is 0 Å². The first-order valence-corrected chi connectivity index (χ1v) is 5.03. The van der Waals surface area contributed by atoms with Gasteiger partial charge in [-0.3, -0.25) is 0 Å². The number of aliphatic hydroxyl groups excluding tert-OH is 1. The van der Waals surface area contributed by atoms with E-state index in [1.807, 2.05) is 13.8 Å². The maximum Gasteiger partial charge on any atom is 0.0719 e. The second-order valence-electron chi connectivity index (χ2n) is 3.47. The normalized spacial score (nSPS) is 14.8. The maximum atomic E-state index is 9.16. The van der Waals surface area contributed by atoms with E-state index in [0.717, 1.165) is 12.0 Å². The van der Waals surface area contributed by atoms with Crippen molar-refractivity contribution in [2.45, 2.75) is 59.0 Å². The zero-order chi connectivity index (χ0) is 9.40. The van der Waals surface area contributed by atoms with Crippen LogP contribution >= 0.6 is 0 Å². The summed E-state index contributed by atoms with van der Waals surface area (Å²) in [6, 6.07) is 0. The Hall–Kier alpha value is -0.300. The predicted octanol–water partition coefficient (Wildman–Crippen LogP) is 3.28. The Labute approximate surface area is 76.5 Å². The van der Waals surface area contributed by atoms with Gasteiger partial charge in [-0.15, -0.1) is 0 Å². The molecule has 0 aromatic rings. The lowest BCUT2D eigenvalue weighted by atomic mass is 10.1. The summed E-state index contributed by atoms with van der Waals surface area (Å²) < 4.78 is 0. The van der Waals surface area contributed by atoms with Gasteiger partial charge in [0.25, 0.3) is 0 Å². The number of hydrogen-bond acceptors (Lipinski definition) is 1. The van der Waals surface area contributed by atoms with Crippen LogP contribution in [0.4, 0.5) is 0 Å². The van der Waals surface area contributed by atoms with E-state index < -0.39 is 0 Å². The minimum absolute atomic E-state index is 0.267. The van der Waals surface area contributed by atoms with Gasteiger partial charge < -0.3 is 5.11 Å². The molecular formula is C11H22O. The first-order valence-electron chi connectivity index (χ1n) is 5.03. The van der Waals surface area contributed by atoms with E-state index in [4.69, 9.17) is 5.11 Å². The van der Waals surface area contributed by atoms with Crippen molar-refractivity contribution in [3.63, 3.8) is 0 Å². The summed E-state index contributed by atoms with van der Waals surface area (Å²) in [4.78, 5) is 0. The van der Waals surface area contributed by atoms with Gasteiger partial charge in [0.15, 0.2) is 0 Å². The van der Waals surface area contributed by atoms with Crippen molar-refractivity contribution in [1.82, 2.24) is 0 Å². The lowest BCUT2D eigenvalue weighted by Crippen LogP contribution is -2.00. The van der Waals surface area contributed by atoms with Crippen molar-refractivity contribution in [2.24, 2.45) is 0 Å². The number of unbranched alkanes of at least 4 members (excludes halogenated alkanes) is 4. The summed E-state index contributed by atoms with van der Waals surface area (Å²) >= 11 is 0. The van der Waals surface area contributed by atoms with E-state index in [1.54, 1.807) is 0 Å². The van der Waals surface area contributed by atoms with Crippen LogP contribution in [0.1, 0.15) is 52.9 Å². The van der Waals surface area contributed by atoms with Gasteiger partial charge in [-0.05, 0) is 32.3 Å². The van der Waals surface area contributed by atoms with Crippen molar-refractivity contribution < 1.29 is 5.11 Å². The van der Waals surface area contributed by atoms with Crippen LogP contribution in [0.15, 0.2) is 11.6 Å². The molecule has 72 valence electrons. The number of allylic oxidation sites excluding steroid dienone is 1. The minimum Gasteiger partial charge on any atom is -0.389 e. The molecule has 0 amide bonds. The lowest BCUT2D eigenvalue weighted by Gasteiger charge is -2.03. The van der Waals surface area contributed by atoms with Crippen LogP contribution in [0, 0.1) is 0 Å². The Bertz CT molecular complexity index is 125. The monoisotopic (exact) mass is 170 g/mol. The summed E-state index contributed by atoms with van der Waals surface area (Å²) in [5.74, 6) is 0. The molecule has 0 bridgehead atoms. The summed E-state index contributed by atoms with van der Waals surface area (Å²) in [5, 5.41) is 9.16. The molecule has 0 aromatic heterocycles. The second-order valence-corrected chi connectivity index (χ2v) is 3.47. The number of hydrogen-bond donors (Lipinski definition) is 1. The topological polar surface area (TPSA) is 20.2 Å². The van der Waals surface area contributed by atoms with Crippen LogP contribution in [-0.4, -0.2) is 11.2 Å². The summed E-state index contributed by atoms with van der Waals surface area (Å²) in [7, 11) is 0. The van der Waals surface area contributed by atoms with Crippen LogP contribution in [0.3, 0.4) is 0 Å². The maximum absolute atomic E-state index is 9.16. The van der Waals surface area contributed by atoms with Gasteiger partial charge >= 0.3 is 0 Å². The predicted molar refractivity (Wildman–Crippen MR) is 54.2 cm³/mol. The molecule has 1 heteroatoms. The van der Waals surface area contributed by atoms with Gasteiger partial charge in [0, 0.05) is 0 Å². The quantitative estimate of drug-likeness (QED) is 0.479. The highest BCUT2D eigenvalue weighted by Gasteiger charge is 1.95. The van der Waals surface area contributed by atoms with E-state index in [0.29, 0.717) is 0 Å². The molecule has 0 aliphatic carbocycles. The molecule has 1 atom stereocenters. The standard InChI is InChI=1S/C11H22O/c1-4-5-6-7-8-9-10(2)11(3)12/h9,11-12H,4-8H2,1-3H3/b10-9+/t11-/m1/s1. The molecular weight excluding hydrogens is 148 g/mol. The van der Waals surface area contributed by atoms with Crippen molar-refractivity contribution in [2.75, 3.05) is 0 Å². The summed E-state index contributed by atoms with van der Waals surface area (Å²) in [6.07, 6.45) is 8.21. The number of aliphatic hydroxyl groups is 1. The van der Waals surface area contributed by atoms with Gasteiger partial charge in [0.1, 0.15) is 0 Å². The zero-order valence-corrected chi connectivity index (χ0v) is 8.64. The van der Waals surface area contributed by atoms with E-state index >= 15 is 0 Å². The molecule has 1 N–H and O–H groups in total. The van der Waals surface area contributed by atoms with Crippen LogP contribution in [-0.2, 0) is 0 Å². The van der Waals surface area contributed by atoms with Crippen molar-refractivity contribution in [1.29, 1.82) is 0 Å². The second kappa shape index (κ2) is 7.35. The molecule has 0 rings (SSSR count). The minimum atomic E-state index is -0.267. The molecule has 0 saturated heterocycles. The SMILES string of the molecule is CCCCCC/C=C(\C)[C@@H](C)O. The van der Waals surface area contributed by atoms with Crippen LogP contribution in [0.25, 0.3) is 0 Å². The molecule has 0 saturated carbocycles. The Morgan fingerprint density at radius 2 is 2.00 bits per heavy atom. The van der Waals surface area contributed by atoms with Crippen LogP contribution in [0.2, 0.25) is 0 Å². The third-order valence-electron chi connectivity index (χ3n) is 2.18. The molecule has 0 radical (unpaired) electrons. The van der Waals surface area contributed by atoms with Gasteiger partial charge in [-0.1, -0.05) is 32.3 Å². The highest BCUT2D eigenvalue weighted by molar-refractivity contribution is 5.02. The fraction of sp³-hybridized carbons (Fsp3) is 0.818. The highest BCUT2D eigenvalue weighted by Crippen LogP contribution is 2.07. The molecule has 0 fully saturated rings. The molecule has 0 aliphatic rings. The Morgan fingerprint density at radius 1 is 1.33 bits per heavy atom. The van der Waals surface area contributed by atoms with Crippen molar-refractivity contribution in [3.05, 3.63) is 11.6 Å². The Morgan fingerprint density at radius 3 is 2.50 bits per heavy atom. The Kier molecular flexibility index (Phi) is 7.17. The van der Waals surface area contributed by atoms with Gasteiger partial charge in [0.2, 0.25) is 0 Å². The Balaban J connectivity index is 3.34. The molecule has 0 aliphatic heterocycles. The average molecular weight is 170 g/mol. The first-order chi connectivity index (χ1) is 5.68. The lowest BCUT2D eigenvalue weighted by molar-refractivity contribution is 0.231.